The Kier molecular flexibility index (Phi) is 6.16. The normalized spacial score (nSPS) is 19.8. The predicted molar refractivity (Wildman–Crippen MR) is 62.8 cm³/mol. The fourth-order valence-corrected chi connectivity index (χ4v) is 1.92. The Labute approximate surface area is 97.5 Å². The predicted octanol–water partition coefficient (Wildman–Crippen LogP) is 2.93. The van der Waals surface area contributed by atoms with E-state index in [0.29, 0.717) is 0 Å². The Bertz CT molecular complexity index is 246. The third-order valence-corrected chi connectivity index (χ3v) is 2.92. The second kappa shape index (κ2) is 7.44. The molecule has 1 rings (SSSR count). The van der Waals surface area contributed by atoms with Crippen molar-refractivity contribution in [1.82, 2.24) is 0 Å². The molecule has 1 atom stereocenters. The van der Waals surface area contributed by atoms with Gasteiger partial charge in [0.15, 0.2) is 0 Å². The summed E-state index contributed by atoms with van der Waals surface area (Å²) in [6, 6.07) is 0. The molecule has 0 saturated carbocycles. The molecule has 0 aliphatic carbocycles. The summed E-state index contributed by atoms with van der Waals surface area (Å²) in [4.78, 5) is 10.8. The van der Waals surface area contributed by atoms with E-state index in [4.69, 9.17) is 0 Å². The highest BCUT2D eigenvalue weighted by Gasteiger charge is 2.22. The molecule has 92 valence electrons. The van der Waals surface area contributed by atoms with Crippen LogP contribution >= 0.6 is 0 Å². The van der Waals surface area contributed by atoms with Crippen molar-refractivity contribution in [1.29, 1.82) is 0 Å². The van der Waals surface area contributed by atoms with Gasteiger partial charge in [-0.2, -0.15) is 0 Å². The molecule has 1 aliphatic heterocycles. The molecule has 1 heterocycles. The quantitative estimate of drug-likeness (QED) is 0.511. The summed E-state index contributed by atoms with van der Waals surface area (Å²) in [6.45, 7) is 2.21. The van der Waals surface area contributed by atoms with E-state index in [1.54, 1.807) is 0 Å². The van der Waals surface area contributed by atoms with Crippen LogP contribution in [0.2, 0.25) is 0 Å². The lowest BCUT2D eigenvalue weighted by atomic mass is 10.0. The molecule has 0 fully saturated rings. The van der Waals surface area contributed by atoms with Crippen LogP contribution < -0.4 is 0 Å². The van der Waals surface area contributed by atoms with Gasteiger partial charge in [-0.25, -0.2) is 4.79 Å². The SMILES string of the molecule is CCCCCCCCCC1=CC(=O)OC1O. The molecule has 0 amide bonds. The lowest BCUT2D eigenvalue weighted by molar-refractivity contribution is -0.151. The van der Waals surface area contributed by atoms with Gasteiger partial charge in [0.2, 0.25) is 6.29 Å². The molecule has 3 nitrogen and oxygen atoms in total. The average molecular weight is 226 g/mol. The van der Waals surface area contributed by atoms with E-state index >= 15 is 0 Å². The number of aliphatic hydroxyl groups is 1. The van der Waals surface area contributed by atoms with Gasteiger partial charge < -0.3 is 9.84 Å². The highest BCUT2D eigenvalue weighted by Crippen LogP contribution is 2.20. The monoisotopic (exact) mass is 226 g/mol. The van der Waals surface area contributed by atoms with Crippen LogP contribution in [0.5, 0.6) is 0 Å². The van der Waals surface area contributed by atoms with Gasteiger partial charge >= 0.3 is 5.97 Å². The number of hydrogen-bond acceptors (Lipinski definition) is 3. The van der Waals surface area contributed by atoms with E-state index in [0.717, 1.165) is 18.4 Å². The second-order valence-electron chi connectivity index (χ2n) is 4.38. The van der Waals surface area contributed by atoms with Gasteiger partial charge in [-0.05, 0) is 12.8 Å². The smallest absolute Gasteiger partial charge is 0.333 e. The maximum Gasteiger partial charge on any atom is 0.333 e. The largest absolute Gasteiger partial charge is 0.429 e. The van der Waals surface area contributed by atoms with Gasteiger partial charge in [0, 0.05) is 11.6 Å². The summed E-state index contributed by atoms with van der Waals surface area (Å²) < 4.78 is 4.61. The van der Waals surface area contributed by atoms with Gasteiger partial charge in [0.1, 0.15) is 0 Å². The zero-order valence-electron chi connectivity index (χ0n) is 10.1. The first kappa shape index (κ1) is 13.2. The van der Waals surface area contributed by atoms with Crippen LogP contribution in [0.15, 0.2) is 11.6 Å². The van der Waals surface area contributed by atoms with E-state index in [2.05, 4.69) is 11.7 Å². The first-order chi connectivity index (χ1) is 7.74. The molecule has 3 heteroatoms. The van der Waals surface area contributed by atoms with Crippen molar-refractivity contribution < 1.29 is 14.6 Å². The highest BCUT2D eigenvalue weighted by molar-refractivity contribution is 5.85. The first-order valence-electron chi connectivity index (χ1n) is 6.33. The number of unbranched alkanes of at least 4 members (excludes halogenated alkanes) is 6. The Balaban J connectivity index is 1.99. The molecular formula is C13H22O3. The Morgan fingerprint density at radius 1 is 1.19 bits per heavy atom. The van der Waals surface area contributed by atoms with Gasteiger partial charge in [-0.1, -0.05) is 45.4 Å². The molecular weight excluding hydrogens is 204 g/mol. The molecule has 16 heavy (non-hydrogen) atoms. The molecule has 1 aliphatic rings. The number of cyclic esters (lactones) is 1. The summed E-state index contributed by atoms with van der Waals surface area (Å²) >= 11 is 0. The second-order valence-corrected chi connectivity index (χ2v) is 4.38. The Hall–Kier alpha value is -0.830. The summed E-state index contributed by atoms with van der Waals surface area (Å²) in [7, 11) is 0. The minimum absolute atomic E-state index is 0.412. The van der Waals surface area contributed by atoms with Gasteiger partial charge in [0.25, 0.3) is 0 Å². The first-order valence-corrected chi connectivity index (χ1v) is 6.33. The fraction of sp³-hybridized carbons (Fsp3) is 0.769. The molecule has 0 aromatic heterocycles. The summed E-state index contributed by atoms with van der Waals surface area (Å²) in [5, 5.41) is 9.32. The van der Waals surface area contributed by atoms with Gasteiger partial charge in [-0.15, -0.1) is 0 Å². The van der Waals surface area contributed by atoms with Crippen LogP contribution in [0, 0.1) is 0 Å². The van der Waals surface area contributed by atoms with E-state index in [-0.39, 0.29) is 0 Å². The number of aliphatic hydroxyl groups excluding tert-OH is 1. The lowest BCUT2D eigenvalue weighted by Crippen LogP contribution is -2.09. The maximum atomic E-state index is 10.8. The fourth-order valence-electron chi connectivity index (χ4n) is 1.92. The van der Waals surface area contributed by atoms with Crippen LogP contribution in [0.25, 0.3) is 0 Å². The summed E-state index contributed by atoms with van der Waals surface area (Å²) in [6.07, 6.45) is 9.89. The zero-order valence-corrected chi connectivity index (χ0v) is 10.1. The van der Waals surface area contributed by atoms with E-state index in [1.807, 2.05) is 0 Å². The summed E-state index contributed by atoms with van der Waals surface area (Å²) in [5.41, 5.74) is 0.735. The van der Waals surface area contributed by atoms with Crippen molar-refractivity contribution in [3.05, 3.63) is 11.6 Å². The van der Waals surface area contributed by atoms with E-state index in [9.17, 15) is 9.90 Å². The van der Waals surface area contributed by atoms with Gasteiger partial charge in [-0.3, -0.25) is 0 Å². The Morgan fingerprint density at radius 3 is 2.38 bits per heavy atom. The number of rotatable bonds is 8. The molecule has 0 spiro atoms. The Morgan fingerprint density at radius 2 is 1.81 bits per heavy atom. The third-order valence-electron chi connectivity index (χ3n) is 2.92. The molecule has 0 bridgehead atoms. The van der Waals surface area contributed by atoms with Crippen molar-refractivity contribution in [2.45, 2.75) is 64.6 Å². The van der Waals surface area contributed by atoms with Crippen LogP contribution in [-0.2, 0) is 9.53 Å². The van der Waals surface area contributed by atoms with Crippen LogP contribution in [0.3, 0.4) is 0 Å². The average Bonchev–Trinajstić information content (AvgIpc) is 2.56. The molecule has 0 aromatic carbocycles. The molecule has 0 radical (unpaired) electrons. The van der Waals surface area contributed by atoms with E-state index < -0.39 is 12.3 Å². The standard InChI is InChI=1S/C13H22O3/c1-2-3-4-5-6-7-8-9-11-10-12(14)16-13(11)15/h10,13,15H,2-9H2,1H3. The van der Waals surface area contributed by atoms with E-state index in [1.165, 1.54) is 44.6 Å². The minimum Gasteiger partial charge on any atom is -0.429 e. The molecule has 0 saturated heterocycles. The lowest BCUT2D eigenvalue weighted by Gasteiger charge is -2.06. The van der Waals surface area contributed by atoms with Crippen LogP contribution in [-0.4, -0.2) is 17.4 Å². The number of ether oxygens (including phenoxy) is 1. The van der Waals surface area contributed by atoms with Crippen molar-refractivity contribution >= 4 is 5.97 Å². The molecule has 1 unspecified atom stereocenters. The van der Waals surface area contributed by atoms with Crippen molar-refractivity contribution in [2.75, 3.05) is 0 Å². The topological polar surface area (TPSA) is 46.5 Å². The van der Waals surface area contributed by atoms with Crippen molar-refractivity contribution in [2.24, 2.45) is 0 Å². The minimum atomic E-state index is -0.979. The molecule has 0 aromatic rings. The zero-order chi connectivity index (χ0) is 11.8. The van der Waals surface area contributed by atoms with Gasteiger partial charge in [0.05, 0.1) is 0 Å². The third kappa shape index (κ3) is 4.79. The van der Waals surface area contributed by atoms with Crippen LogP contribution in [0.1, 0.15) is 58.3 Å². The highest BCUT2D eigenvalue weighted by atomic mass is 16.6. The number of carbonyl (C=O) groups is 1. The maximum absolute atomic E-state index is 10.8. The number of carbonyl (C=O) groups excluding carboxylic acids is 1. The number of esters is 1. The number of hydrogen-bond donors (Lipinski definition) is 1. The summed E-state index contributed by atoms with van der Waals surface area (Å²) in [5.74, 6) is -0.412. The van der Waals surface area contributed by atoms with Crippen molar-refractivity contribution in [3.8, 4) is 0 Å². The van der Waals surface area contributed by atoms with Crippen molar-refractivity contribution in [3.63, 3.8) is 0 Å². The molecule has 1 N–H and O–H groups in total. The van der Waals surface area contributed by atoms with Crippen LogP contribution in [0.4, 0.5) is 0 Å².